The second-order valence-electron chi connectivity index (χ2n) is 5.59. The maximum Gasteiger partial charge on any atom is 0.270 e. The van der Waals surface area contributed by atoms with E-state index in [-0.39, 0.29) is 11.6 Å². The zero-order valence-corrected chi connectivity index (χ0v) is 14.5. The van der Waals surface area contributed by atoms with Gasteiger partial charge in [-0.25, -0.2) is 9.97 Å². The van der Waals surface area contributed by atoms with Crippen LogP contribution in [0.25, 0.3) is 0 Å². The summed E-state index contributed by atoms with van der Waals surface area (Å²) in [4.78, 5) is 20.3. The highest BCUT2D eigenvalue weighted by Crippen LogP contribution is 2.14. The Labute approximate surface area is 150 Å². The first kappa shape index (κ1) is 17.4. The lowest BCUT2D eigenvalue weighted by atomic mass is 10.1. The van der Waals surface area contributed by atoms with E-state index < -0.39 is 0 Å². The van der Waals surface area contributed by atoms with Crippen LogP contribution in [0, 0.1) is 6.92 Å². The van der Waals surface area contributed by atoms with E-state index in [1.165, 1.54) is 6.33 Å². The van der Waals surface area contributed by atoms with E-state index in [1.54, 1.807) is 26.2 Å². The topological polar surface area (TPSA) is 102 Å². The third kappa shape index (κ3) is 4.56. The van der Waals surface area contributed by atoms with Gasteiger partial charge in [0.15, 0.2) is 5.82 Å². The zero-order chi connectivity index (χ0) is 18.4. The van der Waals surface area contributed by atoms with Gasteiger partial charge in [0.1, 0.15) is 29.3 Å². The summed E-state index contributed by atoms with van der Waals surface area (Å²) in [5.74, 6) is 2.21. The van der Waals surface area contributed by atoms with Crippen LogP contribution in [0.4, 0.5) is 11.6 Å². The Morgan fingerprint density at radius 2 is 1.96 bits per heavy atom. The SMILES string of the molecule is COc1ccc(CCNC(=O)c2cc(Nc3cc(C)on3)ncn2)cc1. The van der Waals surface area contributed by atoms with Crippen LogP contribution >= 0.6 is 0 Å². The van der Waals surface area contributed by atoms with Gasteiger partial charge < -0.3 is 19.9 Å². The van der Waals surface area contributed by atoms with Crippen molar-refractivity contribution in [3.05, 3.63) is 59.7 Å². The van der Waals surface area contributed by atoms with Crippen molar-refractivity contribution in [3.8, 4) is 5.75 Å². The Balaban J connectivity index is 1.54. The number of anilines is 2. The number of hydrogen-bond acceptors (Lipinski definition) is 7. The molecule has 0 bridgehead atoms. The van der Waals surface area contributed by atoms with E-state index in [2.05, 4.69) is 25.8 Å². The molecule has 3 aromatic rings. The number of methoxy groups -OCH3 is 1. The van der Waals surface area contributed by atoms with Crippen LogP contribution in [0.15, 0.2) is 47.2 Å². The number of nitrogens with zero attached hydrogens (tertiary/aromatic N) is 3. The highest BCUT2D eigenvalue weighted by Gasteiger charge is 2.09. The van der Waals surface area contributed by atoms with Gasteiger partial charge in [0.05, 0.1) is 7.11 Å². The van der Waals surface area contributed by atoms with Gasteiger partial charge in [-0.05, 0) is 31.0 Å². The normalized spacial score (nSPS) is 10.4. The molecule has 0 spiro atoms. The Morgan fingerprint density at radius 3 is 2.65 bits per heavy atom. The van der Waals surface area contributed by atoms with E-state index in [1.807, 2.05) is 24.3 Å². The van der Waals surface area contributed by atoms with Crippen LogP contribution in [-0.4, -0.2) is 34.7 Å². The molecule has 0 saturated carbocycles. The van der Waals surface area contributed by atoms with Crippen molar-refractivity contribution in [2.24, 2.45) is 0 Å². The van der Waals surface area contributed by atoms with E-state index >= 15 is 0 Å². The van der Waals surface area contributed by atoms with Crippen molar-refractivity contribution in [1.82, 2.24) is 20.4 Å². The van der Waals surface area contributed by atoms with Gasteiger partial charge in [0, 0.05) is 18.7 Å². The standard InChI is InChI=1S/C18H19N5O3/c1-12-9-17(23-26-12)22-16-10-15(20-11-21-16)18(24)19-8-7-13-3-5-14(25-2)6-4-13/h3-6,9-11H,7-8H2,1-2H3,(H,19,24)(H,20,21,22,23). The molecule has 2 aromatic heterocycles. The number of rotatable bonds is 7. The highest BCUT2D eigenvalue weighted by molar-refractivity contribution is 5.92. The Bertz CT molecular complexity index is 877. The smallest absolute Gasteiger partial charge is 0.270 e. The lowest BCUT2D eigenvalue weighted by Gasteiger charge is -2.07. The van der Waals surface area contributed by atoms with Gasteiger partial charge >= 0.3 is 0 Å². The van der Waals surface area contributed by atoms with Gasteiger partial charge in [-0.1, -0.05) is 17.3 Å². The summed E-state index contributed by atoms with van der Waals surface area (Å²) in [6, 6.07) is 11.0. The molecule has 0 fully saturated rings. The van der Waals surface area contributed by atoms with Gasteiger partial charge in [-0.2, -0.15) is 0 Å². The summed E-state index contributed by atoms with van der Waals surface area (Å²) >= 11 is 0. The van der Waals surface area contributed by atoms with Crippen molar-refractivity contribution in [2.45, 2.75) is 13.3 Å². The average Bonchev–Trinajstić information content (AvgIpc) is 3.07. The first-order valence-corrected chi connectivity index (χ1v) is 8.07. The van der Waals surface area contributed by atoms with Crippen molar-refractivity contribution >= 4 is 17.5 Å². The number of carbonyl (C=O) groups excluding carboxylic acids is 1. The molecule has 0 radical (unpaired) electrons. The lowest BCUT2D eigenvalue weighted by Crippen LogP contribution is -2.26. The third-order valence-corrected chi connectivity index (χ3v) is 3.64. The largest absolute Gasteiger partial charge is 0.497 e. The third-order valence-electron chi connectivity index (χ3n) is 3.64. The monoisotopic (exact) mass is 353 g/mol. The molecule has 0 aliphatic heterocycles. The fraction of sp³-hybridized carbons (Fsp3) is 0.222. The van der Waals surface area contributed by atoms with Crippen molar-refractivity contribution in [3.63, 3.8) is 0 Å². The summed E-state index contributed by atoms with van der Waals surface area (Å²) in [5, 5.41) is 9.64. The predicted octanol–water partition coefficient (Wildman–Crippen LogP) is 2.50. The molecule has 0 unspecified atom stereocenters. The molecule has 0 atom stereocenters. The second-order valence-corrected chi connectivity index (χ2v) is 5.59. The quantitative estimate of drug-likeness (QED) is 0.673. The molecule has 0 saturated heterocycles. The number of carbonyl (C=O) groups is 1. The number of aryl methyl sites for hydroxylation is 1. The molecule has 134 valence electrons. The lowest BCUT2D eigenvalue weighted by molar-refractivity contribution is 0.0949. The number of ether oxygens (including phenoxy) is 1. The summed E-state index contributed by atoms with van der Waals surface area (Å²) in [6.07, 6.45) is 2.04. The minimum absolute atomic E-state index is 0.264. The van der Waals surface area contributed by atoms with Gasteiger partial charge in [-0.3, -0.25) is 4.79 Å². The molecule has 3 rings (SSSR count). The first-order valence-electron chi connectivity index (χ1n) is 8.07. The van der Waals surface area contributed by atoms with Crippen LogP contribution in [0.1, 0.15) is 21.8 Å². The van der Waals surface area contributed by atoms with Crippen molar-refractivity contribution in [2.75, 3.05) is 19.0 Å². The molecule has 0 aliphatic carbocycles. The summed E-state index contributed by atoms with van der Waals surface area (Å²) < 4.78 is 10.1. The fourth-order valence-electron chi connectivity index (χ4n) is 2.31. The number of hydrogen-bond donors (Lipinski definition) is 2. The number of aromatic nitrogens is 3. The minimum Gasteiger partial charge on any atom is -0.497 e. The highest BCUT2D eigenvalue weighted by atomic mass is 16.5. The summed E-state index contributed by atoms with van der Waals surface area (Å²) in [7, 11) is 1.63. The van der Waals surface area contributed by atoms with Crippen LogP contribution in [0.5, 0.6) is 5.75 Å². The molecule has 8 nitrogen and oxygen atoms in total. The molecule has 8 heteroatoms. The molecule has 1 aromatic carbocycles. The summed E-state index contributed by atoms with van der Waals surface area (Å²) in [5.41, 5.74) is 1.38. The van der Waals surface area contributed by atoms with Gasteiger partial charge in [0.25, 0.3) is 5.91 Å². The second kappa shape index (κ2) is 8.11. The average molecular weight is 353 g/mol. The molecular weight excluding hydrogens is 334 g/mol. The van der Waals surface area contributed by atoms with E-state index in [9.17, 15) is 4.79 Å². The van der Waals surface area contributed by atoms with Gasteiger partial charge in [0.2, 0.25) is 0 Å². The van der Waals surface area contributed by atoms with E-state index in [0.29, 0.717) is 30.4 Å². The van der Waals surface area contributed by atoms with E-state index in [0.717, 1.165) is 11.3 Å². The molecule has 26 heavy (non-hydrogen) atoms. The van der Waals surface area contributed by atoms with Crippen LogP contribution < -0.4 is 15.4 Å². The molecular formula is C18H19N5O3. The van der Waals surface area contributed by atoms with Crippen LogP contribution in [0.2, 0.25) is 0 Å². The number of nitrogens with one attached hydrogen (secondary N) is 2. The first-order chi connectivity index (χ1) is 12.6. The maximum absolute atomic E-state index is 12.3. The molecule has 2 N–H and O–H groups in total. The maximum atomic E-state index is 12.3. The van der Waals surface area contributed by atoms with Crippen LogP contribution in [0.3, 0.4) is 0 Å². The number of amides is 1. The Hall–Kier alpha value is -3.42. The molecule has 1 amide bonds. The van der Waals surface area contributed by atoms with E-state index in [4.69, 9.17) is 9.26 Å². The predicted molar refractivity (Wildman–Crippen MR) is 95.6 cm³/mol. The minimum atomic E-state index is -0.264. The zero-order valence-electron chi connectivity index (χ0n) is 14.5. The fourth-order valence-corrected chi connectivity index (χ4v) is 2.31. The Kier molecular flexibility index (Phi) is 5.43. The van der Waals surface area contributed by atoms with Crippen molar-refractivity contribution < 1.29 is 14.1 Å². The Morgan fingerprint density at radius 1 is 1.15 bits per heavy atom. The van der Waals surface area contributed by atoms with Crippen LogP contribution in [-0.2, 0) is 6.42 Å². The van der Waals surface area contributed by atoms with Crippen molar-refractivity contribution in [1.29, 1.82) is 0 Å². The molecule has 2 heterocycles. The molecule has 0 aliphatic rings. The van der Waals surface area contributed by atoms with Gasteiger partial charge in [-0.15, -0.1) is 0 Å². The summed E-state index contributed by atoms with van der Waals surface area (Å²) in [6.45, 7) is 2.29. The number of benzene rings is 1.